The van der Waals surface area contributed by atoms with Crippen LogP contribution in [-0.4, -0.2) is 79.2 Å². The first-order valence-electron chi connectivity index (χ1n) is 30.3. The van der Waals surface area contributed by atoms with E-state index in [0.29, 0.717) is 97.3 Å². The SMILES string of the molecule is [3H]c1ccc(OCc2c(-n3nnn(C)c3=O)coc2C)c(C)c1.[3H]c1ccc(OCc2c(-n3nnn(C)c3=O)coc2C2CC2)c(C)c1.[3H]c1ccc(OCc2c(-n3nnn(C)c3=O)coc2CC)c(C)c1.[3H]c1ccc(OCc2c(-n3nnn(C)c3=O)coc2I)c(C)c1. The zero-order valence-electron chi connectivity index (χ0n) is 55.2. The third-order valence-corrected chi connectivity index (χ3v) is 15.3. The lowest BCUT2D eigenvalue weighted by Crippen LogP contribution is -2.22. The number of benzene rings is 4. The molecule has 1 aliphatic carbocycles. The highest BCUT2D eigenvalue weighted by Crippen LogP contribution is 2.44. The van der Waals surface area contributed by atoms with E-state index in [1.807, 2.05) is 57.2 Å². The lowest BCUT2D eigenvalue weighted by Gasteiger charge is -2.10. The van der Waals surface area contributed by atoms with Gasteiger partial charge in [0.05, 0.1) is 27.7 Å². The number of aromatic nitrogens is 16. The zero-order chi connectivity index (χ0) is 67.9. The second-order valence-corrected chi connectivity index (χ2v) is 21.7. The van der Waals surface area contributed by atoms with Gasteiger partial charge in [-0.15, -0.1) is 0 Å². The summed E-state index contributed by atoms with van der Waals surface area (Å²) in [7, 11) is 6.14. The lowest BCUT2D eigenvalue weighted by molar-refractivity contribution is 0.299. The van der Waals surface area contributed by atoms with Crippen LogP contribution in [0.15, 0.2) is 159 Å². The van der Waals surface area contributed by atoms with Crippen LogP contribution in [0.25, 0.3) is 22.7 Å². The van der Waals surface area contributed by atoms with Crippen LogP contribution < -0.4 is 41.7 Å². The Morgan fingerprint density at radius 1 is 0.451 bits per heavy atom. The smallest absolute Gasteiger partial charge is 0.368 e. The first-order chi connectivity index (χ1) is 45.5. The molecular formula is C62H65IN16O12. The van der Waals surface area contributed by atoms with E-state index in [4.69, 9.17) is 42.1 Å². The largest absolute Gasteiger partial charge is 0.488 e. The highest BCUT2D eigenvalue weighted by Gasteiger charge is 2.33. The molecule has 0 aliphatic heterocycles. The fourth-order valence-electron chi connectivity index (χ4n) is 9.02. The van der Waals surface area contributed by atoms with Crippen LogP contribution in [-0.2, 0) is 61.0 Å². The van der Waals surface area contributed by atoms with Gasteiger partial charge in [0.25, 0.3) is 0 Å². The van der Waals surface area contributed by atoms with Crippen molar-refractivity contribution in [1.82, 2.24) is 79.2 Å². The molecule has 91 heavy (non-hydrogen) atoms. The molecule has 4 aromatic carbocycles. The van der Waals surface area contributed by atoms with Crippen LogP contribution in [0.1, 0.15) is 93.0 Å². The van der Waals surface area contributed by atoms with Crippen LogP contribution in [0.4, 0.5) is 0 Å². The van der Waals surface area contributed by atoms with Crippen LogP contribution >= 0.6 is 22.6 Å². The topological polar surface area (TPSA) is 300 Å². The fourth-order valence-corrected chi connectivity index (χ4v) is 9.58. The minimum atomic E-state index is -0.363. The summed E-state index contributed by atoms with van der Waals surface area (Å²) >= 11 is 2.04. The summed E-state index contributed by atoms with van der Waals surface area (Å²) in [5, 5.41) is 30.3. The first-order valence-corrected chi connectivity index (χ1v) is 29.4. The Labute approximate surface area is 538 Å². The van der Waals surface area contributed by atoms with Gasteiger partial charge in [-0.3, -0.25) is 0 Å². The van der Waals surface area contributed by atoms with Crippen molar-refractivity contribution in [1.29, 1.82) is 0 Å². The molecule has 0 spiro atoms. The summed E-state index contributed by atoms with van der Waals surface area (Å²) in [4.78, 5) is 48.2. The van der Waals surface area contributed by atoms with Gasteiger partial charge in [0.15, 0.2) is 3.77 Å². The van der Waals surface area contributed by atoms with Crippen molar-refractivity contribution in [2.75, 3.05) is 0 Å². The van der Waals surface area contributed by atoms with Crippen molar-refractivity contribution in [3.63, 3.8) is 0 Å². The van der Waals surface area contributed by atoms with E-state index in [0.717, 1.165) is 77.4 Å². The third-order valence-electron chi connectivity index (χ3n) is 14.4. The van der Waals surface area contributed by atoms with Gasteiger partial charge in [0.1, 0.15) is 115 Å². The molecule has 0 atom stereocenters. The summed E-state index contributed by atoms with van der Waals surface area (Å²) < 4.78 is 86.0. The number of aryl methyl sites for hydroxylation is 10. The number of hydrogen-bond donors (Lipinski definition) is 0. The van der Waals surface area contributed by atoms with Crippen molar-refractivity contribution in [3.05, 3.63) is 230 Å². The highest BCUT2D eigenvalue weighted by atomic mass is 127. The Kier molecular flexibility index (Phi) is 18.1. The molecule has 1 saturated carbocycles. The van der Waals surface area contributed by atoms with Crippen LogP contribution in [0.5, 0.6) is 23.0 Å². The average molecular weight is 1360 g/mol. The average Bonchev–Trinajstić information content (AvgIpc) is 1.62. The van der Waals surface area contributed by atoms with Gasteiger partial charge in [-0.2, -0.15) is 37.5 Å². The number of tetrazole rings is 4. The molecular weight excluding hydrogens is 1290 g/mol. The number of rotatable bonds is 18. The van der Waals surface area contributed by atoms with Crippen LogP contribution in [0.2, 0.25) is 0 Å². The molecule has 29 heteroatoms. The second-order valence-electron chi connectivity index (χ2n) is 20.8. The summed E-state index contributed by atoms with van der Waals surface area (Å²) in [5.74, 6) is 5.35. The molecule has 0 amide bonds. The minimum Gasteiger partial charge on any atom is -0.488 e. The predicted molar refractivity (Wildman–Crippen MR) is 336 cm³/mol. The number of halogens is 1. The standard InChI is InChI=1S/C17H18N4O3.C16H18N4O3.C15H16N4O3.C14H13IN4O3/c1-11-5-3-4-6-15(11)23-9-13-14(10-24-16(13)12-7-8-12)21-17(22)20(2)18-19-21;1-4-14-12(9-22-15-8-6-5-7-11(15)2)13(10-23-14)20-16(21)19(3)17-18-20;1-10-6-4-5-7-14(10)22-8-12-11(2)21-9-13(12)19-15(20)18(3)16-17-19;1-9-5-3-4-6-12(9)21-7-10-11(8-22-13(10)15)19-14(20)18(2)16-17-19/h3-6,10,12H,7-9H2,1-2H3;5-8,10H,4,9H2,1-3H3;4-7,9H,8H2,1-3H3;3-6,8H,7H2,1-2H3/i3T;5T;4T;3T. The van der Waals surface area contributed by atoms with Gasteiger partial charge in [0, 0.05) is 63.1 Å². The number of nitrogens with zero attached hydrogens (tertiary/aromatic N) is 16. The molecule has 1 aliphatic rings. The first kappa shape index (κ1) is 58.1. The van der Waals surface area contributed by atoms with Crippen molar-refractivity contribution >= 4 is 22.6 Å². The van der Waals surface area contributed by atoms with Gasteiger partial charge >= 0.3 is 22.8 Å². The maximum Gasteiger partial charge on any atom is 0.368 e. The minimum absolute atomic E-state index is 0.214. The van der Waals surface area contributed by atoms with E-state index in [2.05, 4.69) is 41.7 Å². The maximum atomic E-state index is 12.2. The zero-order valence-corrected chi connectivity index (χ0v) is 53.4. The van der Waals surface area contributed by atoms with Crippen molar-refractivity contribution in [2.45, 2.75) is 93.2 Å². The fraction of sp³-hybridized carbons (Fsp3) is 0.290. The number of hydrogen-bond acceptors (Lipinski definition) is 20. The summed E-state index contributed by atoms with van der Waals surface area (Å²) in [6.45, 7) is 12.2. The summed E-state index contributed by atoms with van der Waals surface area (Å²) in [6.07, 6.45) is 8.76. The van der Waals surface area contributed by atoms with E-state index in [1.54, 1.807) is 93.0 Å². The lowest BCUT2D eigenvalue weighted by atomic mass is 10.1. The summed E-state index contributed by atoms with van der Waals surface area (Å²) in [6, 6.07) is 22.4. The predicted octanol–water partition coefficient (Wildman–Crippen LogP) is 8.14. The van der Waals surface area contributed by atoms with E-state index in [-0.39, 0.29) is 49.2 Å². The van der Waals surface area contributed by atoms with E-state index in [1.165, 1.54) is 63.3 Å². The Balaban J connectivity index is 0.000000138. The molecule has 0 saturated heterocycles. The monoisotopic (exact) mass is 1360 g/mol. The molecule has 0 N–H and O–H groups in total. The number of para-hydroxylation sites is 4. The van der Waals surface area contributed by atoms with Gasteiger partial charge in [0.2, 0.25) is 0 Å². The van der Waals surface area contributed by atoms with Gasteiger partial charge in [-0.05, 0) is 136 Å². The molecule has 0 bridgehead atoms. The molecule has 0 radical (unpaired) electrons. The molecule has 1 fully saturated rings. The molecule has 0 unspecified atom stereocenters. The molecule has 12 aromatic rings. The Hall–Kier alpha value is -10.6. The number of ether oxygens (including phenoxy) is 4. The molecule has 28 nitrogen and oxygen atoms in total. The Morgan fingerprint density at radius 2 is 0.780 bits per heavy atom. The second kappa shape index (κ2) is 28.3. The third kappa shape index (κ3) is 14.3. The van der Waals surface area contributed by atoms with E-state index in [9.17, 15) is 19.2 Å². The Morgan fingerprint density at radius 3 is 1.15 bits per heavy atom. The summed E-state index contributed by atoms with van der Waals surface area (Å²) in [5.41, 5.74) is 7.22. The number of furan rings is 4. The van der Waals surface area contributed by atoms with Gasteiger partial charge in [-0.1, -0.05) is 79.6 Å². The van der Waals surface area contributed by atoms with E-state index >= 15 is 0 Å². The normalized spacial score (nSPS) is 12.3. The van der Waals surface area contributed by atoms with Crippen molar-refractivity contribution in [3.8, 4) is 45.7 Å². The Bertz CT molecular complexity index is 4810. The van der Waals surface area contributed by atoms with Crippen LogP contribution in [0.3, 0.4) is 0 Å². The molecule has 8 aromatic heterocycles. The van der Waals surface area contributed by atoms with Crippen molar-refractivity contribution in [2.24, 2.45) is 28.2 Å². The molecule has 8 heterocycles. The highest BCUT2D eigenvalue weighted by molar-refractivity contribution is 14.1. The molecule has 13 rings (SSSR count). The quantitative estimate of drug-likeness (QED) is 0.0732. The maximum absolute atomic E-state index is 12.2. The molecule has 472 valence electrons. The van der Waals surface area contributed by atoms with Crippen molar-refractivity contribution < 1.29 is 42.1 Å². The van der Waals surface area contributed by atoms with Gasteiger partial charge < -0.3 is 36.6 Å². The van der Waals surface area contributed by atoms with E-state index < -0.39 is 0 Å². The van der Waals surface area contributed by atoms with Crippen LogP contribution in [0, 0.1) is 38.4 Å². The van der Waals surface area contributed by atoms with Gasteiger partial charge in [-0.25, -0.2) is 19.2 Å².